The van der Waals surface area contributed by atoms with Gasteiger partial charge < -0.3 is 10.3 Å². The Labute approximate surface area is 106 Å². The van der Waals surface area contributed by atoms with Gasteiger partial charge in [-0.15, -0.1) is 0 Å². The first-order valence-corrected chi connectivity index (χ1v) is 5.53. The van der Waals surface area contributed by atoms with Crippen molar-refractivity contribution in [3.05, 3.63) is 42.0 Å². The Hall–Kier alpha value is -2.57. The number of nitrogens with one attached hydrogen (secondary N) is 2. The first-order chi connectivity index (χ1) is 9.13. The second kappa shape index (κ2) is 4.27. The van der Waals surface area contributed by atoms with Crippen LogP contribution >= 0.6 is 0 Å². The molecule has 0 saturated carbocycles. The summed E-state index contributed by atoms with van der Waals surface area (Å²) in [5.74, 6) is -0.259. The maximum atomic E-state index is 13.6. The van der Waals surface area contributed by atoms with E-state index in [-0.39, 0.29) is 5.69 Å². The number of hydrogen-bond acceptors (Lipinski definition) is 4. The van der Waals surface area contributed by atoms with Crippen molar-refractivity contribution in [1.82, 2.24) is 19.9 Å². The molecule has 0 aliphatic rings. The minimum absolute atomic E-state index is 0.133. The predicted molar refractivity (Wildman–Crippen MR) is 66.1 cm³/mol. The maximum absolute atomic E-state index is 13.6. The quantitative estimate of drug-likeness (QED) is 0.744. The fourth-order valence-corrected chi connectivity index (χ4v) is 1.76. The summed E-state index contributed by atoms with van der Waals surface area (Å²) in [5, 5.41) is 2.79. The molecular formula is C12H9F2N5. The monoisotopic (exact) mass is 261 g/mol. The SMILES string of the molecule is Cc1nc2ncnc(Nc3ccc(F)cc3F)c2[nH]1. The molecule has 0 aliphatic heterocycles. The first kappa shape index (κ1) is 11.5. The van der Waals surface area contributed by atoms with Crippen LogP contribution in [0.15, 0.2) is 24.5 Å². The number of hydrogen-bond donors (Lipinski definition) is 2. The van der Waals surface area contributed by atoms with Crippen molar-refractivity contribution in [3.63, 3.8) is 0 Å². The summed E-state index contributed by atoms with van der Waals surface area (Å²) >= 11 is 0. The van der Waals surface area contributed by atoms with Crippen LogP contribution in [0.4, 0.5) is 20.3 Å². The number of rotatable bonds is 2. The van der Waals surface area contributed by atoms with Gasteiger partial charge in [0.1, 0.15) is 29.3 Å². The van der Waals surface area contributed by atoms with Gasteiger partial charge in [0.05, 0.1) is 5.69 Å². The topological polar surface area (TPSA) is 66.5 Å². The Morgan fingerprint density at radius 2 is 2.05 bits per heavy atom. The summed E-state index contributed by atoms with van der Waals surface area (Å²) in [6.45, 7) is 1.78. The van der Waals surface area contributed by atoms with Gasteiger partial charge in [0, 0.05) is 6.07 Å². The molecule has 0 amide bonds. The summed E-state index contributed by atoms with van der Waals surface area (Å²) < 4.78 is 26.4. The van der Waals surface area contributed by atoms with Crippen molar-refractivity contribution in [1.29, 1.82) is 0 Å². The van der Waals surface area contributed by atoms with Crippen LogP contribution in [0.3, 0.4) is 0 Å². The average molecular weight is 261 g/mol. The number of H-pyrrole nitrogens is 1. The van der Waals surface area contributed by atoms with Gasteiger partial charge >= 0.3 is 0 Å². The number of fused-ring (bicyclic) bond motifs is 1. The fraction of sp³-hybridized carbons (Fsp3) is 0.0833. The first-order valence-electron chi connectivity index (χ1n) is 5.53. The summed E-state index contributed by atoms with van der Waals surface area (Å²) in [5.41, 5.74) is 1.19. The molecule has 0 radical (unpaired) electrons. The molecule has 3 aromatic rings. The molecule has 0 fully saturated rings. The third-order valence-electron chi connectivity index (χ3n) is 2.59. The van der Waals surface area contributed by atoms with Crippen LogP contribution in [0.5, 0.6) is 0 Å². The summed E-state index contributed by atoms with van der Waals surface area (Å²) in [6.07, 6.45) is 1.33. The van der Waals surface area contributed by atoms with Crippen LogP contribution in [-0.2, 0) is 0 Å². The Morgan fingerprint density at radius 3 is 2.84 bits per heavy atom. The molecule has 2 heterocycles. The molecule has 0 aliphatic carbocycles. The lowest BCUT2D eigenvalue weighted by Gasteiger charge is -2.06. The molecule has 1 aromatic carbocycles. The van der Waals surface area contributed by atoms with E-state index >= 15 is 0 Å². The molecule has 0 unspecified atom stereocenters. The Bertz CT molecular complexity index is 753. The van der Waals surface area contributed by atoms with Crippen LogP contribution < -0.4 is 5.32 Å². The highest BCUT2D eigenvalue weighted by Gasteiger charge is 2.10. The van der Waals surface area contributed by atoms with Gasteiger partial charge in [-0.3, -0.25) is 0 Å². The number of nitrogens with zero attached hydrogens (tertiary/aromatic N) is 3. The van der Waals surface area contributed by atoms with Crippen molar-refractivity contribution < 1.29 is 8.78 Å². The highest BCUT2D eigenvalue weighted by Crippen LogP contribution is 2.23. The second-order valence-electron chi connectivity index (χ2n) is 3.99. The molecule has 0 saturated heterocycles. The molecular weight excluding hydrogens is 252 g/mol. The van der Waals surface area contributed by atoms with Gasteiger partial charge in [-0.2, -0.15) is 0 Å². The van der Waals surface area contributed by atoms with E-state index in [0.717, 1.165) is 6.07 Å². The number of aryl methyl sites for hydroxylation is 1. The molecule has 19 heavy (non-hydrogen) atoms. The van der Waals surface area contributed by atoms with Crippen molar-refractivity contribution in [2.75, 3.05) is 5.32 Å². The fourth-order valence-electron chi connectivity index (χ4n) is 1.76. The largest absolute Gasteiger partial charge is 0.338 e. The lowest BCUT2D eigenvalue weighted by Crippen LogP contribution is -1.98. The number of aromatic nitrogens is 4. The zero-order valence-corrected chi connectivity index (χ0v) is 9.91. The van der Waals surface area contributed by atoms with Gasteiger partial charge in [-0.1, -0.05) is 0 Å². The van der Waals surface area contributed by atoms with E-state index in [4.69, 9.17) is 0 Å². The van der Waals surface area contributed by atoms with Crippen LogP contribution in [0.2, 0.25) is 0 Å². The van der Waals surface area contributed by atoms with Crippen molar-refractivity contribution in [2.24, 2.45) is 0 Å². The number of aromatic amines is 1. The Balaban J connectivity index is 2.05. The van der Waals surface area contributed by atoms with E-state index in [1.165, 1.54) is 18.5 Å². The molecule has 96 valence electrons. The molecule has 0 bridgehead atoms. The van der Waals surface area contributed by atoms with Crippen LogP contribution in [-0.4, -0.2) is 19.9 Å². The van der Waals surface area contributed by atoms with Crippen LogP contribution in [0.1, 0.15) is 5.82 Å². The van der Waals surface area contributed by atoms with E-state index in [1.54, 1.807) is 6.92 Å². The van der Waals surface area contributed by atoms with Crippen molar-refractivity contribution >= 4 is 22.7 Å². The summed E-state index contributed by atoms with van der Waals surface area (Å²) in [6, 6.07) is 3.28. The van der Waals surface area contributed by atoms with Crippen LogP contribution in [0, 0.1) is 18.6 Å². The maximum Gasteiger partial charge on any atom is 0.183 e. The molecule has 5 nitrogen and oxygen atoms in total. The smallest absolute Gasteiger partial charge is 0.183 e. The number of halogens is 2. The van der Waals surface area contributed by atoms with E-state index < -0.39 is 11.6 Å². The summed E-state index contributed by atoms with van der Waals surface area (Å²) in [4.78, 5) is 15.2. The minimum atomic E-state index is -0.692. The zero-order valence-electron chi connectivity index (χ0n) is 9.91. The average Bonchev–Trinajstić information content (AvgIpc) is 2.74. The molecule has 2 N–H and O–H groups in total. The highest BCUT2D eigenvalue weighted by molar-refractivity contribution is 5.84. The third kappa shape index (κ3) is 2.10. The standard InChI is InChI=1S/C12H9F2N5/c1-6-17-10-11(18-6)15-5-16-12(10)19-9-3-2-7(13)4-8(9)14/h2-5H,1H3,(H2,15,16,17,18,19). The number of imidazole rings is 1. The molecule has 7 heteroatoms. The van der Waals surface area contributed by atoms with Gasteiger partial charge in [0.15, 0.2) is 11.5 Å². The summed E-state index contributed by atoms with van der Waals surface area (Å²) in [7, 11) is 0. The van der Waals surface area contributed by atoms with E-state index in [9.17, 15) is 8.78 Å². The molecule has 3 rings (SSSR count). The Kier molecular flexibility index (Phi) is 2.59. The van der Waals surface area contributed by atoms with Crippen molar-refractivity contribution in [3.8, 4) is 0 Å². The number of anilines is 2. The molecule has 2 aromatic heterocycles. The van der Waals surface area contributed by atoms with Gasteiger partial charge in [0.2, 0.25) is 0 Å². The minimum Gasteiger partial charge on any atom is -0.338 e. The normalized spacial score (nSPS) is 10.9. The number of benzene rings is 1. The van der Waals surface area contributed by atoms with Gasteiger partial charge in [-0.25, -0.2) is 23.7 Å². The van der Waals surface area contributed by atoms with Gasteiger partial charge in [0.25, 0.3) is 0 Å². The third-order valence-corrected chi connectivity index (χ3v) is 2.59. The van der Waals surface area contributed by atoms with E-state index in [0.29, 0.717) is 22.8 Å². The lowest BCUT2D eigenvalue weighted by atomic mass is 10.3. The molecule has 0 spiro atoms. The van der Waals surface area contributed by atoms with E-state index in [2.05, 4.69) is 25.3 Å². The zero-order chi connectivity index (χ0) is 13.4. The second-order valence-corrected chi connectivity index (χ2v) is 3.99. The Morgan fingerprint density at radius 1 is 1.21 bits per heavy atom. The predicted octanol–water partition coefficient (Wildman–Crippen LogP) is 2.68. The van der Waals surface area contributed by atoms with Crippen LogP contribution in [0.25, 0.3) is 11.2 Å². The van der Waals surface area contributed by atoms with Crippen molar-refractivity contribution in [2.45, 2.75) is 6.92 Å². The van der Waals surface area contributed by atoms with E-state index in [1.807, 2.05) is 0 Å². The molecule has 0 atom stereocenters. The van der Waals surface area contributed by atoms with Gasteiger partial charge in [-0.05, 0) is 19.1 Å². The lowest BCUT2D eigenvalue weighted by molar-refractivity contribution is 0.586. The highest BCUT2D eigenvalue weighted by atomic mass is 19.1.